The summed E-state index contributed by atoms with van der Waals surface area (Å²) >= 11 is 18.7. The quantitative estimate of drug-likeness (QED) is 0.321. The Kier molecular flexibility index (Phi) is 8.68. The Morgan fingerprint density at radius 2 is 1.62 bits per heavy atom. The molecule has 0 spiro atoms. The Hall–Kier alpha value is -2.40. The van der Waals surface area contributed by atoms with Crippen LogP contribution in [0.15, 0.2) is 60.7 Å². The van der Waals surface area contributed by atoms with Gasteiger partial charge in [-0.3, -0.25) is 4.79 Å². The minimum Gasteiger partial charge on any atom is -0.488 e. The molecule has 0 atom stereocenters. The van der Waals surface area contributed by atoms with Gasteiger partial charge in [0.2, 0.25) is 5.91 Å². The van der Waals surface area contributed by atoms with E-state index < -0.39 is 0 Å². The van der Waals surface area contributed by atoms with Crippen LogP contribution in [-0.2, 0) is 17.9 Å². The monoisotopic (exact) mass is 490 g/mol. The summed E-state index contributed by atoms with van der Waals surface area (Å²) in [6, 6.07) is 18.4. The molecule has 0 aromatic heterocycles. The minimum absolute atomic E-state index is 0.000844. The van der Waals surface area contributed by atoms with Crippen molar-refractivity contribution in [2.24, 2.45) is 5.92 Å². The predicted octanol–water partition coefficient (Wildman–Crippen LogP) is 7.82. The Labute approximate surface area is 203 Å². The van der Waals surface area contributed by atoms with Crippen LogP contribution in [0, 0.1) is 5.92 Å². The van der Waals surface area contributed by atoms with E-state index in [0.29, 0.717) is 39.7 Å². The minimum atomic E-state index is 0.000844. The zero-order valence-electron chi connectivity index (χ0n) is 17.9. The summed E-state index contributed by atoms with van der Waals surface area (Å²) in [7, 11) is 0. The maximum atomic E-state index is 12.1. The molecule has 4 nitrogen and oxygen atoms in total. The topological polar surface area (TPSA) is 50.4 Å². The molecule has 32 heavy (non-hydrogen) atoms. The largest absolute Gasteiger partial charge is 0.488 e. The van der Waals surface area contributed by atoms with Crippen LogP contribution in [0.5, 0.6) is 5.75 Å². The Bertz CT molecular complexity index is 1070. The lowest BCUT2D eigenvalue weighted by atomic mass is 10.1. The van der Waals surface area contributed by atoms with Gasteiger partial charge in [-0.05, 0) is 54.4 Å². The van der Waals surface area contributed by atoms with Gasteiger partial charge in [0.15, 0.2) is 0 Å². The molecule has 0 bridgehead atoms. The number of nitrogens with one attached hydrogen (secondary N) is 2. The second-order valence-corrected chi connectivity index (χ2v) is 9.07. The number of anilines is 2. The molecule has 0 aliphatic rings. The highest BCUT2D eigenvalue weighted by atomic mass is 35.5. The van der Waals surface area contributed by atoms with Crippen LogP contribution in [0.4, 0.5) is 11.4 Å². The van der Waals surface area contributed by atoms with Crippen LogP contribution < -0.4 is 15.4 Å². The molecule has 2 N–H and O–H groups in total. The zero-order valence-corrected chi connectivity index (χ0v) is 20.2. The highest BCUT2D eigenvalue weighted by Gasteiger charge is 2.10. The van der Waals surface area contributed by atoms with E-state index in [2.05, 4.69) is 10.6 Å². The lowest BCUT2D eigenvalue weighted by Gasteiger charge is -2.15. The van der Waals surface area contributed by atoms with E-state index in [4.69, 9.17) is 39.5 Å². The van der Waals surface area contributed by atoms with Gasteiger partial charge in [-0.25, -0.2) is 0 Å². The molecule has 1 amide bonds. The van der Waals surface area contributed by atoms with Gasteiger partial charge in [0.05, 0.1) is 0 Å². The van der Waals surface area contributed by atoms with E-state index >= 15 is 0 Å². The normalized spacial score (nSPS) is 10.8. The molecule has 0 unspecified atom stereocenters. The molecule has 0 fully saturated rings. The number of ether oxygens (including phenoxy) is 1. The van der Waals surface area contributed by atoms with Crippen LogP contribution in [0.25, 0.3) is 0 Å². The van der Waals surface area contributed by atoms with Crippen molar-refractivity contribution in [3.8, 4) is 5.75 Å². The fourth-order valence-electron chi connectivity index (χ4n) is 3.13. The first-order chi connectivity index (χ1) is 15.3. The van der Waals surface area contributed by atoms with Crippen molar-refractivity contribution >= 4 is 52.1 Å². The standard InChI is InChI=1S/C25H25Cl3N2O2/c1-16(2)11-25(31)30-20-6-3-5-19(13-20)29-14-17-12-18(26)9-10-24(17)32-15-21-22(27)7-4-8-23(21)28/h3-10,12-13,16,29H,11,14-15H2,1-2H3,(H,30,31). The molecule has 0 aliphatic heterocycles. The van der Waals surface area contributed by atoms with Crippen molar-refractivity contribution in [3.63, 3.8) is 0 Å². The number of amides is 1. The van der Waals surface area contributed by atoms with Gasteiger partial charge in [-0.1, -0.05) is 60.8 Å². The number of halogens is 3. The molecule has 0 aliphatic carbocycles. The van der Waals surface area contributed by atoms with Crippen molar-refractivity contribution in [2.75, 3.05) is 10.6 Å². The van der Waals surface area contributed by atoms with E-state index in [0.717, 1.165) is 22.5 Å². The Balaban J connectivity index is 1.68. The van der Waals surface area contributed by atoms with E-state index in [9.17, 15) is 4.79 Å². The van der Waals surface area contributed by atoms with Crippen molar-refractivity contribution in [1.82, 2.24) is 0 Å². The molecule has 0 saturated carbocycles. The molecule has 3 aromatic rings. The van der Waals surface area contributed by atoms with Crippen LogP contribution in [-0.4, -0.2) is 5.91 Å². The number of hydrogen-bond acceptors (Lipinski definition) is 3. The lowest BCUT2D eigenvalue weighted by molar-refractivity contribution is -0.116. The van der Waals surface area contributed by atoms with E-state index in [1.54, 1.807) is 24.3 Å². The first-order valence-electron chi connectivity index (χ1n) is 10.3. The summed E-state index contributed by atoms with van der Waals surface area (Å²) in [4.78, 5) is 12.1. The van der Waals surface area contributed by atoms with Crippen molar-refractivity contribution < 1.29 is 9.53 Å². The second-order valence-electron chi connectivity index (χ2n) is 7.82. The van der Waals surface area contributed by atoms with E-state index in [-0.39, 0.29) is 12.5 Å². The predicted molar refractivity (Wildman–Crippen MR) is 134 cm³/mol. The SMILES string of the molecule is CC(C)CC(=O)Nc1cccc(NCc2cc(Cl)ccc2OCc2c(Cl)cccc2Cl)c1. The molecular weight excluding hydrogens is 467 g/mol. The number of hydrogen-bond donors (Lipinski definition) is 2. The molecule has 7 heteroatoms. The maximum absolute atomic E-state index is 12.1. The third kappa shape index (κ3) is 7.06. The van der Waals surface area contributed by atoms with E-state index in [1.165, 1.54) is 0 Å². The third-order valence-electron chi connectivity index (χ3n) is 4.68. The summed E-state index contributed by atoms with van der Waals surface area (Å²) in [5, 5.41) is 8.02. The molecule has 0 saturated heterocycles. The Morgan fingerprint density at radius 3 is 2.34 bits per heavy atom. The average molecular weight is 492 g/mol. The third-order valence-corrected chi connectivity index (χ3v) is 5.62. The first-order valence-corrected chi connectivity index (χ1v) is 11.4. The van der Waals surface area contributed by atoms with Gasteiger partial charge >= 0.3 is 0 Å². The zero-order chi connectivity index (χ0) is 23.1. The van der Waals surface area contributed by atoms with Crippen molar-refractivity contribution in [1.29, 1.82) is 0 Å². The average Bonchev–Trinajstić information content (AvgIpc) is 2.72. The van der Waals surface area contributed by atoms with Gasteiger partial charge in [0.1, 0.15) is 12.4 Å². The van der Waals surface area contributed by atoms with Crippen LogP contribution in [0.3, 0.4) is 0 Å². The smallest absolute Gasteiger partial charge is 0.224 e. The van der Waals surface area contributed by atoms with Crippen LogP contribution in [0.2, 0.25) is 15.1 Å². The molecule has 3 rings (SSSR count). The lowest BCUT2D eigenvalue weighted by Crippen LogP contribution is -2.14. The summed E-state index contributed by atoms with van der Waals surface area (Å²) < 4.78 is 6.02. The fraction of sp³-hybridized carbons (Fsp3) is 0.240. The highest BCUT2D eigenvalue weighted by Crippen LogP contribution is 2.29. The van der Waals surface area contributed by atoms with Gasteiger partial charge < -0.3 is 15.4 Å². The first kappa shape index (κ1) is 24.2. The molecule has 0 radical (unpaired) electrons. The van der Waals surface area contributed by atoms with Gasteiger partial charge in [-0.2, -0.15) is 0 Å². The Morgan fingerprint density at radius 1 is 0.938 bits per heavy atom. The maximum Gasteiger partial charge on any atom is 0.224 e. The summed E-state index contributed by atoms with van der Waals surface area (Å²) in [5.41, 5.74) is 3.23. The van der Waals surface area contributed by atoms with E-state index in [1.807, 2.05) is 50.2 Å². The second kappa shape index (κ2) is 11.5. The number of benzene rings is 3. The van der Waals surface area contributed by atoms with Crippen LogP contribution in [0.1, 0.15) is 31.4 Å². The molecule has 3 aromatic carbocycles. The highest BCUT2D eigenvalue weighted by molar-refractivity contribution is 6.36. The summed E-state index contributed by atoms with van der Waals surface area (Å²) in [6.45, 7) is 4.75. The fourth-order valence-corrected chi connectivity index (χ4v) is 3.84. The van der Waals surface area contributed by atoms with Gasteiger partial charge in [0.25, 0.3) is 0 Å². The number of carbonyl (C=O) groups excluding carboxylic acids is 1. The molecule has 168 valence electrons. The number of rotatable bonds is 9. The summed E-state index contributed by atoms with van der Waals surface area (Å²) in [5.74, 6) is 0.985. The van der Waals surface area contributed by atoms with Gasteiger partial charge in [0, 0.05) is 50.5 Å². The van der Waals surface area contributed by atoms with Crippen molar-refractivity contribution in [3.05, 3.63) is 86.9 Å². The number of carbonyl (C=O) groups is 1. The molecule has 0 heterocycles. The summed E-state index contributed by atoms with van der Waals surface area (Å²) in [6.07, 6.45) is 0.482. The molecular formula is C25H25Cl3N2O2. The van der Waals surface area contributed by atoms with Crippen LogP contribution >= 0.6 is 34.8 Å². The van der Waals surface area contributed by atoms with Gasteiger partial charge in [-0.15, -0.1) is 0 Å². The van der Waals surface area contributed by atoms with Crippen molar-refractivity contribution in [2.45, 2.75) is 33.4 Å².